The lowest BCUT2D eigenvalue weighted by molar-refractivity contribution is 0.482. The fourth-order valence-corrected chi connectivity index (χ4v) is 2.40. The molecule has 1 atom stereocenters. The molecule has 0 saturated carbocycles. The van der Waals surface area contributed by atoms with E-state index in [0.717, 1.165) is 17.7 Å². The molecule has 2 N–H and O–H groups in total. The summed E-state index contributed by atoms with van der Waals surface area (Å²) in [5.41, 5.74) is 9.39. The fourth-order valence-electron chi connectivity index (χ4n) is 2.12. The number of nitrogens with two attached hydrogens (primary N) is 1. The van der Waals surface area contributed by atoms with E-state index in [0.29, 0.717) is 10.8 Å². The molecule has 0 heterocycles. The van der Waals surface area contributed by atoms with E-state index in [1.165, 1.54) is 11.1 Å². The van der Waals surface area contributed by atoms with Crippen LogP contribution >= 0.6 is 11.6 Å². The lowest BCUT2D eigenvalue weighted by Gasteiger charge is -2.12. The minimum Gasteiger partial charge on any atom is -0.456 e. The maximum absolute atomic E-state index is 6.18. The molecule has 0 radical (unpaired) electrons. The van der Waals surface area contributed by atoms with E-state index in [9.17, 15) is 0 Å². The molecule has 0 saturated heterocycles. The molecule has 2 nitrogen and oxygen atoms in total. The summed E-state index contributed by atoms with van der Waals surface area (Å²) in [6, 6.07) is 12.0. The zero-order valence-electron chi connectivity index (χ0n) is 12.1. The summed E-state index contributed by atoms with van der Waals surface area (Å²) >= 11 is 6.18. The maximum atomic E-state index is 6.18. The molecule has 0 aliphatic rings. The molecule has 0 aliphatic heterocycles. The third-order valence-corrected chi connectivity index (χ3v) is 3.47. The summed E-state index contributed by atoms with van der Waals surface area (Å²) in [5.74, 6) is 1.47. The second-order valence-electron chi connectivity index (χ2n) is 5.31. The number of aryl methyl sites for hydroxylation is 2. The first-order chi connectivity index (χ1) is 9.45. The highest BCUT2D eigenvalue weighted by atomic mass is 35.5. The highest BCUT2D eigenvalue weighted by Crippen LogP contribution is 2.31. The average Bonchev–Trinajstić information content (AvgIpc) is 2.36. The van der Waals surface area contributed by atoms with Gasteiger partial charge in [-0.25, -0.2) is 0 Å². The first kappa shape index (κ1) is 14.9. The van der Waals surface area contributed by atoms with Crippen LogP contribution in [0.25, 0.3) is 0 Å². The Morgan fingerprint density at radius 1 is 1.15 bits per heavy atom. The van der Waals surface area contributed by atoms with Gasteiger partial charge in [0.25, 0.3) is 0 Å². The Morgan fingerprint density at radius 3 is 2.50 bits per heavy atom. The first-order valence-corrected chi connectivity index (χ1v) is 7.12. The number of hydrogen-bond acceptors (Lipinski definition) is 2. The molecule has 0 aromatic heterocycles. The normalized spacial score (nSPS) is 12.2. The zero-order chi connectivity index (χ0) is 14.7. The topological polar surface area (TPSA) is 35.2 Å². The number of halogens is 1. The molecule has 20 heavy (non-hydrogen) atoms. The SMILES string of the molecule is Cc1ccc(Oc2ccc(CC(C)N)c(C)c2)c(Cl)c1. The Morgan fingerprint density at radius 2 is 1.90 bits per heavy atom. The van der Waals surface area contributed by atoms with Crippen LogP contribution in [0.1, 0.15) is 23.6 Å². The van der Waals surface area contributed by atoms with Crippen molar-refractivity contribution in [3.8, 4) is 11.5 Å². The predicted octanol–water partition coefficient (Wildman–Crippen LogP) is 4.64. The van der Waals surface area contributed by atoms with Crippen LogP contribution in [-0.2, 0) is 6.42 Å². The smallest absolute Gasteiger partial charge is 0.146 e. The van der Waals surface area contributed by atoms with Crippen LogP contribution in [0.4, 0.5) is 0 Å². The van der Waals surface area contributed by atoms with Crippen LogP contribution in [-0.4, -0.2) is 6.04 Å². The number of hydrogen-bond donors (Lipinski definition) is 1. The van der Waals surface area contributed by atoms with Gasteiger partial charge in [0, 0.05) is 6.04 Å². The Kier molecular flexibility index (Phi) is 4.69. The van der Waals surface area contributed by atoms with Crippen molar-refractivity contribution in [2.24, 2.45) is 5.73 Å². The second-order valence-corrected chi connectivity index (χ2v) is 5.71. The van der Waals surface area contributed by atoms with Crippen LogP contribution in [0.5, 0.6) is 11.5 Å². The van der Waals surface area contributed by atoms with E-state index in [1.54, 1.807) is 0 Å². The molecule has 3 heteroatoms. The van der Waals surface area contributed by atoms with Crippen molar-refractivity contribution in [3.63, 3.8) is 0 Å². The van der Waals surface area contributed by atoms with Gasteiger partial charge in [-0.15, -0.1) is 0 Å². The van der Waals surface area contributed by atoms with E-state index in [-0.39, 0.29) is 6.04 Å². The molecule has 0 bridgehead atoms. The van der Waals surface area contributed by atoms with Gasteiger partial charge in [0.1, 0.15) is 11.5 Å². The Bertz CT molecular complexity index is 608. The largest absolute Gasteiger partial charge is 0.456 e. The fraction of sp³-hybridized carbons (Fsp3) is 0.294. The summed E-state index contributed by atoms with van der Waals surface area (Å²) in [6.07, 6.45) is 0.872. The Hall–Kier alpha value is -1.51. The number of rotatable bonds is 4. The summed E-state index contributed by atoms with van der Waals surface area (Å²) in [6.45, 7) is 6.08. The summed E-state index contributed by atoms with van der Waals surface area (Å²) in [4.78, 5) is 0. The van der Waals surface area contributed by atoms with Gasteiger partial charge in [0.05, 0.1) is 5.02 Å². The molecule has 0 aliphatic carbocycles. The van der Waals surface area contributed by atoms with Gasteiger partial charge < -0.3 is 10.5 Å². The van der Waals surface area contributed by atoms with Crippen molar-refractivity contribution in [1.29, 1.82) is 0 Å². The molecular weight excluding hydrogens is 270 g/mol. The van der Waals surface area contributed by atoms with Crippen molar-refractivity contribution >= 4 is 11.6 Å². The van der Waals surface area contributed by atoms with Gasteiger partial charge in [0.15, 0.2) is 0 Å². The van der Waals surface area contributed by atoms with Crippen LogP contribution in [0.3, 0.4) is 0 Å². The van der Waals surface area contributed by atoms with Gasteiger partial charge in [-0.05, 0) is 68.1 Å². The summed E-state index contributed by atoms with van der Waals surface area (Å²) in [5, 5.41) is 0.627. The van der Waals surface area contributed by atoms with Crippen LogP contribution < -0.4 is 10.5 Å². The predicted molar refractivity (Wildman–Crippen MR) is 84.8 cm³/mol. The van der Waals surface area contributed by atoms with Crippen molar-refractivity contribution < 1.29 is 4.74 Å². The minimum absolute atomic E-state index is 0.159. The lowest BCUT2D eigenvalue weighted by Crippen LogP contribution is -2.18. The molecule has 2 rings (SSSR count). The van der Waals surface area contributed by atoms with Gasteiger partial charge in [-0.2, -0.15) is 0 Å². The summed E-state index contributed by atoms with van der Waals surface area (Å²) < 4.78 is 5.84. The summed E-state index contributed by atoms with van der Waals surface area (Å²) in [7, 11) is 0. The minimum atomic E-state index is 0.159. The highest BCUT2D eigenvalue weighted by molar-refractivity contribution is 6.32. The third-order valence-electron chi connectivity index (χ3n) is 3.17. The molecule has 2 aromatic carbocycles. The monoisotopic (exact) mass is 289 g/mol. The number of benzene rings is 2. The molecule has 1 unspecified atom stereocenters. The first-order valence-electron chi connectivity index (χ1n) is 6.75. The van der Waals surface area contributed by atoms with Crippen molar-refractivity contribution in [2.75, 3.05) is 0 Å². The molecule has 0 amide bonds. The molecule has 0 fully saturated rings. The van der Waals surface area contributed by atoms with E-state index >= 15 is 0 Å². The Balaban J connectivity index is 2.20. The standard InChI is InChI=1S/C17H20ClNO/c1-11-4-7-17(16(18)8-11)20-15-6-5-14(10-13(3)19)12(2)9-15/h4-9,13H,10,19H2,1-3H3. The van der Waals surface area contributed by atoms with Crippen molar-refractivity contribution in [1.82, 2.24) is 0 Å². The average molecular weight is 290 g/mol. The van der Waals surface area contributed by atoms with Gasteiger partial charge in [-0.3, -0.25) is 0 Å². The van der Waals surface area contributed by atoms with Crippen molar-refractivity contribution in [2.45, 2.75) is 33.2 Å². The zero-order valence-corrected chi connectivity index (χ0v) is 12.9. The number of ether oxygens (including phenoxy) is 1. The van der Waals surface area contributed by atoms with Gasteiger partial charge in [0.2, 0.25) is 0 Å². The second kappa shape index (κ2) is 6.29. The maximum Gasteiger partial charge on any atom is 0.146 e. The van der Waals surface area contributed by atoms with E-state index in [2.05, 4.69) is 13.0 Å². The van der Waals surface area contributed by atoms with Crippen LogP contribution in [0.2, 0.25) is 5.02 Å². The Labute approximate surface area is 125 Å². The van der Waals surface area contributed by atoms with Gasteiger partial charge in [-0.1, -0.05) is 23.7 Å². The lowest BCUT2D eigenvalue weighted by atomic mass is 10.0. The molecule has 2 aromatic rings. The highest BCUT2D eigenvalue weighted by Gasteiger charge is 2.06. The van der Waals surface area contributed by atoms with Crippen molar-refractivity contribution in [3.05, 3.63) is 58.1 Å². The van der Waals surface area contributed by atoms with Crippen LogP contribution in [0, 0.1) is 13.8 Å². The van der Waals surface area contributed by atoms with E-state index in [1.807, 2.05) is 44.2 Å². The molecule has 106 valence electrons. The van der Waals surface area contributed by atoms with E-state index < -0.39 is 0 Å². The molecular formula is C17H20ClNO. The quantitative estimate of drug-likeness (QED) is 0.890. The van der Waals surface area contributed by atoms with Crippen LogP contribution in [0.15, 0.2) is 36.4 Å². The van der Waals surface area contributed by atoms with E-state index in [4.69, 9.17) is 22.1 Å². The van der Waals surface area contributed by atoms with Gasteiger partial charge >= 0.3 is 0 Å². The molecule has 0 spiro atoms. The third kappa shape index (κ3) is 3.75.